The summed E-state index contributed by atoms with van der Waals surface area (Å²) in [6.07, 6.45) is 25.9. The Morgan fingerprint density at radius 3 is 1.47 bits per heavy atom. The predicted molar refractivity (Wildman–Crippen MR) is 141 cm³/mol. The van der Waals surface area contributed by atoms with Gasteiger partial charge < -0.3 is 9.47 Å². The van der Waals surface area contributed by atoms with E-state index in [0.29, 0.717) is 13.2 Å². The summed E-state index contributed by atoms with van der Waals surface area (Å²) < 4.78 is 11.6. The van der Waals surface area contributed by atoms with Gasteiger partial charge in [-0.2, -0.15) is 0 Å². The molecule has 0 N–H and O–H groups in total. The Morgan fingerprint density at radius 2 is 0.938 bits per heavy atom. The maximum Gasteiger partial charge on any atom is 0.119 e. The Bertz CT molecular complexity index is 482. The van der Waals surface area contributed by atoms with E-state index in [0.717, 1.165) is 12.4 Å². The summed E-state index contributed by atoms with van der Waals surface area (Å²) in [4.78, 5) is 0. The Labute approximate surface area is 200 Å². The normalized spacial score (nSPS) is 11.2. The van der Waals surface area contributed by atoms with Crippen LogP contribution in [-0.2, 0) is 11.2 Å². The lowest BCUT2D eigenvalue weighted by atomic mass is 10.0. The van der Waals surface area contributed by atoms with Crippen molar-refractivity contribution in [3.63, 3.8) is 0 Å². The molecule has 0 bridgehead atoms. The van der Waals surface area contributed by atoms with Crippen molar-refractivity contribution in [2.75, 3.05) is 19.8 Å². The largest absolute Gasteiger partial charge is 0.491 e. The van der Waals surface area contributed by atoms with Gasteiger partial charge in [-0.15, -0.1) is 0 Å². The van der Waals surface area contributed by atoms with Crippen molar-refractivity contribution in [1.82, 2.24) is 0 Å². The van der Waals surface area contributed by atoms with Crippen molar-refractivity contribution in [2.45, 2.75) is 136 Å². The highest BCUT2D eigenvalue weighted by Crippen LogP contribution is 2.15. The Balaban J connectivity index is 1.86. The summed E-state index contributed by atoms with van der Waals surface area (Å²) in [6, 6.07) is 8.66. The van der Waals surface area contributed by atoms with Crippen molar-refractivity contribution in [3.05, 3.63) is 29.8 Å². The summed E-state index contributed by atoms with van der Waals surface area (Å²) >= 11 is 0. The highest BCUT2D eigenvalue weighted by atomic mass is 16.5. The van der Waals surface area contributed by atoms with Gasteiger partial charge >= 0.3 is 0 Å². The number of benzene rings is 1. The molecule has 0 saturated carbocycles. The molecule has 0 unspecified atom stereocenters. The molecule has 0 radical (unpaired) electrons. The lowest BCUT2D eigenvalue weighted by molar-refractivity contribution is 0.0970. The highest BCUT2D eigenvalue weighted by Gasteiger charge is 1.98. The van der Waals surface area contributed by atoms with Crippen LogP contribution < -0.4 is 4.74 Å². The lowest BCUT2D eigenvalue weighted by Crippen LogP contribution is -2.07. The number of ether oxygens (including phenoxy) is 2. The van der Waals surface area contributed by atoms with Gasteiger partial charge in [0.15, 0.2) is 0 Å². The van der Waals surface area contributed by atoms with Gasteiger partial charge in [-0.3, -0.25) is 0 Å². The average Bonchev–Trinajstić information content (AvgIpc) is 2.82. The SMILES string of the molecule is CCCCCCCCCCCCCOCCOc1ccc(CCCCCCCCC)cc1. The van der Waals surface area contributed by atoms with E-state index >= 15 is 0 Å². The van der Waals surface area contributed by atoms with E-state index in [1.807, 2.05) is 0 Å². The van der Waals surface area contributed by atoms with E-state index in [2.05, 4.69) is 38.1 Å². The van der Waals surface area contributed by atoms with Gasteiger partial charge in [-0.1, -0.05) is 129 Å². The van der Waals surface area contributed by atoms with Gasteiger partial charge in [0.1, 0.15) is 12.4 Å². The quantitative estimate of drug-likeness (QED) is 0.147. The third kappa shape index (κ3) is 18.5. The second-order valence-corrected chi connectivity index (χ2v) is 9.51. The van der Waals surface area contributed by atoms with E-state index in [1.165, 1.54) is 128 Å². The Hall–Kier alpha value is -1.02. The predicted octanol–water partition coefficient (Wildman–Crippen LogP) is 9.69. The summed E-state index contributed by atoms with van der Waals surface area (Å²) in [6.45, 7) is 6.78. The molecule has 0 aliphatic heterocycles. The van der Waals surface area contributed by atoms with Gasteiger partial charge in [0.25, 0.3) is 0 Å². The molecular formula is C30H54O2. The molecule has 0 heterocycles. The Kier molecular flexibility index (Phi) is 21.0. The molecule has 2 nitrogen and oxygen atoms in total. The van der Waals surface area contributed by atoms with Crippen LogP contribution >= 0.6 is 0 Å². The van der Waals surface area contributed by atoms with Crippen molar-refractivity contribution < 1.29 is 9.47 Å². The van der Waals surface area contributed by atoms with E-state index in [4.69, 9.17) is 9.47 Å². The fraction of sp³-hybridized carbons (Fsp3) is 0.800. The molecule has 0 aromatic heterocycles. The summed E-state index contributed by atoms with van der Waals surface area (Å²) in [5.74, 6) is 0.964. The highest BCUT2D eigenvalue weighted by molar-refractivity contribution is 5.27. The molecule has 2 heteroatoms. The zero-order valence-electron chi connectivity index (χ0n) is 21.7. The van der Waals surface area contributed by atoms with Crippen molar-refractivity contribution in [2.24, 2.45) is 0 Å². The maximum absolute atomic E-state index is 5.82. The fourth-order valence-corrected chi connectivity index (χ4v) is 4.23. The van der Waals surface area contributed by atoms with Crippen LogP contribution in [-0.4, -0.2) is 19.8 Å². The fourth-order valence-electron chi connectivity index (χ4n) is 4.23. The first-order valence-electron chi connectivity index (χ1n) is 14.2. The van der Waals surface area contributed by atoms with Crippen LogP contribution in [0.2, 0.25) is 0 Å². The average molecular weight is 447 g/mol. The molecule has 0 atom stereocenters. The van der Waals surface area contributed by atoms with Crippen LogP contribution in [0.3, 0.4) is 0 Å². The van der Waals surface area contributed by atoms with Gasteiger partial charge in [0.2, 0.25) is 0 Å². The number of aryl methyl sites for hydroxylation is 1. The first-order valence-corrected chi connectivity index (χ1v) is 14.2. The van der Waals surface area contributed by atoms with Crippen LogP contribution in [0.15, 0.2) is 24.3 Å². The minimum absolute atomic E-state index is 0.648. The first-order chi connectivity index (χ1) is 15.9. The minimum Gasteiger partial charge on any atom is -0.491 e. The van der Waals surface area contributed by atoms with E-state index in [-0.39, 0.29) is 0 Å². The number of rotatable bonds is 24. The smallest absolute Gasteiger partial charge is 0.119 e. The third-order valence-corrected chi connectivity index (χ3v) is 6.38. The zero-order chi connectivity index (χ0) is 23.0. The van der Waals surface area contributed by atoms with Crippen LogP contribution in [0.5, 0.6) is 5.75 Å². The van der Waals surface area contributed by atoms with Crippen LogP contribution in [0.25, 0.3) is 0 Å². The summed E-state index contributed by atoms with van der Waals surface area (Å²) in [7, 11) is 0. The van der Waals surface area contributed by atoms with Crippen LogP contribution in [0.1, 0.15) is 135 Å². The van der Waals surface area contributed by atoms with Crippen LogP contribution in [0, 0.1) is 0 Å². The van der Waals surface area contributed by atoms with Crippen molar-refractivity contribution >= 4 is 0 Å². The molecule has 0 aliphatic rings. The van der Waals surface area contributed by atoms with Gasteiger partial charge in [0.05, 0.1) is 6.61 Å². The number of unbranched alkanes of at least 4 members (excludes halogenated alkanes) is 16. The van der Waals surface area contributed by atoms with Crippen molar-refractivity contribution in [1.29, 1.82) is 0 Å². The van der Waals surface area contributed by atoms with E-state index < -0.39 is 0 Å². The van der Waals surface area contributed by atoms with Gasteiger partial charge in [-0.05, 0) is 37.0 Å². The van der Waals surface area contributed by atoms with Crippen molar-refractivity contribution in [3.8, 4) is 5.75 Å². The topological polar surface area (TPSA) is 18.5 Å². The summed E-state index contributed by atoms with van der Waals surface area (Å²) in [5.41, 5.74) is 1.43. The lowest BCUT2D eigenvalue weighted by Gasteiger charge is -2.08. The third-order valence-electron chi connectivity index (χ3n) is 6.38. The molecule has 1 aromatic carbocycles. The second-order valence-electron chi connectivity index (χ2n) is 9.51. The second kappa shape index (κ2) is 23.1. The molecule has 1 aromatic rings. The molecule has 0 saturated heterocycles. The van der Waals surface area contributed by atoms with Crippen LogP contribution in [0.4, 0.5) is 0 Å². The molecule has 0 fully saturated rings. The van der Waals surface area contributed by atoms with E-state index in [1.54, 1.807) is 0 Å². The van der Waals surface area contributed by atoms with E-state index in [9.17, 15) is 0 Å². The minimum atomic E-state index is 0.648. The molecule has 1 rings (SSSR count). The molecule has 0 spiro atoms. The number of hydrogen-bond donors (Lipinski definition) is 0. The van der Waals surface area contributed by atoms with Gasteiger partial charge in [0, 0.05) is 6.61 Å². The van der Waals surface area contributed by atoms with Gasteiger partial charge in [-0.25, -0.2) is 0 Å². The molecule has 0 amide bonds. The maximum atomic E-state index is 5.82. The molecule has 32 heavy (non-hydrogen) atoms. The monoisotopic (exact) mass is 446 g/mol. The molecule has 186 valence electrons. The number of hydrogen-bond acceptors (Lipinski definition) is 2. The molecule has 0 aliphatic carbocycles. The summed E-state index contributed by atoms with van der Waals surface area (Å²) in [5, 5.41) is 0. The Morgan fingerprint density at radius 1 is 0.469 bits per heavy atom. The standard InChI is InChI=1S/C30H54O2/c1-3-5-7-9-11-12-13-14-16-18-20-26-31-27-28-32-30-24-22-29(23-25-30)21-19-17-15-10-8-6-4-2/h22-25H,3-21,26-28H2,1-2H3. The first kappa shape index (κ1) is 29.0. The zero-order valence-corrected chi connectivity index (χ0v) is 21.7. The molecular weight excluding hydrogens is 392 g/mol.